The number of aryl methyl sites for hydroxylation is 1. The standard InChI is InChI=1S/C15H26N4/c1-5-13-17-14(16-6-2)8-15(18-13)19-9-11(3)7-12(4)10-19/h8,11-12H,5-7,9-10H2,1-4H3,(H,16,17,18). The molecule has 1 N–H and O–H groups in total. The SMILES string of the molecule is CCNc1cc(N2CC(C)CC(C)C2)nc(CC)n1. The highest BCUT2D eigenvalue weighted by molar-refractivity contribution is 5.49. The minimum Gasteiger partial charge on any atom is -0.370 e. The van der Waals surface area contributed by atoms with Gasteiger partial charge in [-0.15, -0.1) is 0 Å². The van der Waals surface area contributed by atoms with Crippen molar-refractivity contribution in [2.45, 2.75) is 40.5 Å². The summed E-state index contributed by atoms with van der Waals surface area (Å²) in [5.41, 5.74) is 0. The van der Waals surface area contributed by atoms with E-state index in [2.05, 4.69) is 49.0 Å². The van der Waals surface area contributed by atoms with Crippen molar-refractivity contribution in [1.82, 2.24) is 9.97 Å². The van der Waals surface area contributed by atoms with E-state index in [9.17, 15) is 0 Å². The fourth-order valence-electron chi connectivity index (χ4n) is 2.92. The lowest BCUT2D eigenvalue weighted by Crippen LogP contribution is -2.39. The van der Waals surface area contributed by atoms with Crippen LogP contribution in [0.4, 0.5) is 11.6 Å². The highest BCUT2D eigenvalue weighted by Gasteiger charge is 2.23. The molecule has 0 spiro atoms. The maximum atomic E-state index is 4.70. The highest BCUT2D eigenvalue weighted by atomic mass is 15.2. The predicted octanol–water partition coefficient (Wildman–Crippen LogP) is 2.95. The summed E-state index contributed by atoms with van der Waals surface area (Å²) in [5.74, 6) is 4.45. The van der Waals surface area contributed by atoms with E-state index < -0.39 is 0 Å². The smallest absolute Gasteiger partial charge is 0.134 e. The van der Waals surface area contributed by atoms with Crippen LogP contribution in [0.5, 0.6) is 0 Å². The van der Waals surface area contributed by atoms with E-state index in [4.69, 9.17) is 4.98 Å². The van der Waals surface area contributed by atoms with E-state index in [0.717, 1.165) is 55.4 Å². The molecule has 1 aliphatic heterocycles. The third kappa shape index (κ3) is 3.58. The number of aromatic nitrogens is 2. The van der Waals surface area contributed by atoms with E-state index >= 15 is 0 Å². The lowest BCUT2D eigenvalue weighted by molar-refractivity contribution is 0.355. The number of nitrogens with zero attached hydrogens (tertiary/aromatic N) is 3. The quantitative estimate of drug-likeness (QED) is 0.905. The van der Waals surface area contributed by atoms with Gasteiger partial charge in [0.05, 0.1) is 0 Å². The zero-order valence-electron chi connectivity index (χ0n) is 12.6. The van der Waals surface area contributed by atoms with Gasteiger partial charge in [-0.1, -0.05) is 20.8 Å². The molecule has 2 heterocycles. The highest BCUT2D eigenvalue weighted by Crippen LogP contribution is 2.26. The molecule has 0 bridgehead atoms. The summed E-state index contributed by atoms with van der Waals surface area (Å²) in [7, 11) is 0. The van der Waals surface area contributed by atoms with Gasteiger partial charge in [0.25, 0.3) is 0 Å². The van der Waals surface area contributed by atoms with E-state index in [1.165, 1.54) is 6.42 Å². The normalized spacial score (nSPS) is 23.5. The van der Waals surface area contributed by atoms with Crippen molar-refractivity contribution in [3.05, 3.63) is 11.9 Å². The van der Waals surface area contributed by atoms with Crippen LogP contribution in [0.3, 0.4) is 0 Å². The molecule has 1 saturated heterocycles. The maximum Gasteiger partial charge on any atom is 0.134 e. The first-order valence-corrected chi connectivity index (χ1v) is 7.49. The molecule has 106 valence electrons. The summed E-state index contributed by atoms with van der Waals surface area (Å²) in [6.45, 7) is 12.0. The van der Waals surface area contributed by atoms with Crippen LogP contribution < -0.4 is 10.2 Å². The van der Waals surface area contributed by atoms with Crippen molar-refractivity contribution in [2.24, 2.45) is 11.8 Å². The van der Waals surface area contributed by atoms with Crippen LogP contribution in [0.1, 0.15) is 39.9 Å². The number of hydrogen-bond donors (Lipinski definition) is 1. The van der Waals surface area contributed by atoms with Crippen molar-refractivity contribution in [1.29, 1.82) is 0 Å². The van der Waals surface area contributed by atoms with Crippen LogP contribution in [-0.2, 0) is 6.42 Å². The van der Waals surface area contributed by atoms with Crippen molar-refractivity contribution in [3.8, 4) is 0 Å². The number of nitrogens with one attached hydrogen (secondary N) is 1. The Morgan fingerprint density at radius 3 is 2.47 bits per heavy atom. The molecule has 1 aliphatic rings. The largest absolute Gasteiger partial charge is 0.370 e. The van der Waals surface area contributed by atoms with Crippen molar-refractivity contribution < 1.29 is 0 Å². The first-order chi connectivity index (χ1) is 9.12. The molecule has 0 aliphatic carbocycles. The summed E-state index contributed by atoms with van der Waals surface area (Å²) in [5, 5.41) is 3.31. The molecule has 0 aromatic carbocycles. The molecule has 4 heteroatoms. The predicted molar refractivity (Wildman–Crippen MR) is 80.7 cm³/mol. The third-order valence-corrected chi connectivity index (χ3v) is 3.63. The molecule has 0 radical (unpaired) electrons. The molecule has 0 saturated carbocycles. The van der Waals surface area contributed by atoms with Gasteiger partial charge in [0.15, 0.2) is 0 Å². The monoisotopic (exact) mass is 262 g/mol. The average molecular weight is 262 g/mol. The minimum absolute atomic E-state index is 0.742. The molecule has 4 nitrogen and oxygen atoms in total. The van der Waals surface area contributed by atoms with Crippen LogP contribution in [0, 0.1) is 11.8 Å². The summed E-state index contributed by atoms with van der Waals surface area (Å²) in [6, 6.07) is 2.09. The molecular formula is C15H26N4. The molecule has 1 aromatic rings. The molecule has 0 amide bonds. The summed E-state index contributed by atoms with van der Waals surface area (Å²) in [4.78, 5) is 11.6. The van der Waals surface area contributed by atoms with Gasteiger partial charge >= 0.3 is 0 Å². The first kappa shape index (κ1) is 14.1. The zero-order chi connectivity index (χ0) is 13.8. The van der Waals surface area contributed by atoms with Gasteiger partial charge in [-0.2, -0.15) is 0 Å². The molecule has 2 atom stereocenters. The van der Waals surface area contributed by atoms with Crippen LogP contribution in [0.25, 0.3) is 0 Å². The first-order valence-electron chi connectivity index (χ1n) is 7.49. The van der Waals surface area contributed by atoms with E-state index in [1.807, 2.05) is 0 Å². The third-order valence-electron chi connectivity index (χ3n) is 3.63. The Hall–Kier alpha value is -1.32. The maximum absolute atomic E-state index is 4.70. The van der Waals surface area contributed by atoms with Gasteiger partial charge in [-0.3, -0.25) is 0 Å². The van der Waals surface area contributed by atoms with E-state index in [0.29, 0.717) is 0 Å². The number of hydrogen-bond acceptors (Lipinski definition) is 4. The molecule has 1 fully saturated rings. The number of rotatable bonds is 4. The second-order valence-corrected chi connectivity index (χ2v) is 5.76. The Labute approximate surface area is 116 Å². The molecule has 2 rings (SSSR count). The van der Waals surface area contributed by atoms with E-state index in [-0.39, 0.29) is 0 Å². The van der Waals surface area contributed by atoms with Crippen LogP contribution in [0.2, 0.25) is 0 Å². The Kier molecular flexibility index (Phi) is 4.61. The second kappa shape index (κ2) is 6.22. The van der Waals surface area contributed by atoms with Gasteiger partial charge in [0, 0.05) is 32.1 Å². The lowest BCUT2D eigenvalue weighted by Gasteiger charge is -2.36. The Morgan fingerprint density at radius 1 is 1.21 bits per heavy atom. The number of piperidine rings is 1. The second-order valence-electron chi connectivity index (χ2n) is 5.76. The van der Waals surface area contributed by atoms with Crippen LogP contribution in [0.15, 0.2) is 6.07 Å². The molecule has 2 unspecified atom stereocenters. The van der Waals surface area contributed by atoms with Gasteiger partial charge in [0.2, 0.25) is 0 Å². The molecular weight excluding hydrogens is 236 g/mol. The number of anilines is 2. The Morgan fingerprint density at radius 2 is 1.89 bits per heavy atom. The fraction of sp³-hybridized carbons (Fsp3) is 0.733. The van der Waals surface area contributed by atoms with Crippen LogP contribution >= 0.6 is 0 Å². The van der Waals surface area contributed by atoms with Crippen molar-refractivity contribution in [2.75, 3.05) is 29.9 Å². The summed E-state index contributed by atoms with van der Waals surface area (Å²) < 4.78 is 0. The Balaban J connectivity index is 2.24. The minimum atomic E-state index is 0.742. The van der Waals surface area contributed by atoms with Gasteiger partial charge < -0.3 is 10.2 Å². The van der Waals surface area contributed by atoms with Crippen LogP contribution in [-0.4, -0.2) is 29.6 Å². The van der Waals surface area contributed by atoms with Crippen molar-refractivity contribution >= 4 is 11.6 Å². The van der Waals surface area contributed by atoms with Gasteiger partial charge in [0.1, 0.15) is 17.5 Å². The van der Waals surface area contributed by atoms with Gasteiger partial charge in [-0.05, 0) is 25.2 Å². The summed E-state index contributed by atoms with van der Waals surface area (Å²) >= 11 is 0. The lowest BCUT2D eigenvalue weighted by atomic mass is 9.92. The van der Waals surface area contributed by atoms with E-state index in [1.54, 1.807) is 0 Å². The zero-order valence-corrected chi connectivity index (χ0v) is 12.6. The topological polar surface area (TPSA) is 41.0 Å². The van der Waals surface area contributed by atoms with Crippen molar-refractivity contribution in [3.63, 3.8) is 0 Å². The summed E-state index contributed by atoms with van der Waals surface area (Å²) in [6.07, 6.45) is 2.20. The molecule has 1 aromatic heterocycles. The fourth-order valence-corrected chi connectivity index (χ4v) is 2.92. The van der Waals surface area contributed by atoms with Gasteiger partial charge in [-0.25, -0.2) is 9.97 Å². The molecule has 19 heavy (non-hydrogen) atoms. The Bertz CT molecular complexity index is 409. The average Bonchev–Trinajstić information content (AvgIpc) is 2.37.